The van der Waals surface area contributed by atoms with Gasteiger partial charge in [-0.3, -0.25) is 0 Å². The third-order valence-corrected chi connectivity index (χ3v) is 4.03. The van der Waals surface area contributed by atoms with Crippen molar-refractivity contribution in [1.82, 2.24) is 0 Å². The van der Waals surface area contributed by atoms with Crippen molar-refractivity contribution in [2.75, 3.05) is 0 Å². The van der Waals surface area contributed by atoms with Crippen molar-refractivity contribution < 1.29 is 5.11 Å². The van der Waals surface area contributed by atoms with Gasteiger partial charge < -0.3 is 5.11 Å². The molecule has 0 aliphatic carbocycles. The Morgan fingerprint density at radius 3 is 1.85 bits per heavy atom. The molecule has 2 rings (SSSR count). The quantitative estimate of drug-likeness (QED) is 0.852. The van der Waals surface area contributed by atoms with Crippen molar-refractivity contribution in [3.8, 4) is 0 Å². The summed E-state index contributed by atoms with van der Waals surface area (Å²) >= 11 is 0. The Kier molecular flexibility index (Phi) is 4.61. The summed E-state index contributed by atoms with van der Waals surface area (Å²) in [6, 6.07) is 14.6. The Hall–Kier alpha value is -1.60. The van der Waals surface area contributed by atoms with Crippen molar-refractivity contribution >= 4 is 0 Å². The fraction of sp³-hybridized carbons (Fsp3) is 0.368. The molecular formula is C19H24O. The van der Waals surface area contributed by atoms with Crippen molar-refractivity contribution in [2.24, 2.45) is 0 Å². The van der Waals surface area contributed by atoms with Gasteiger partial charge in [0.05, 0.1) is 6.10 Å². The van der Waals surface area contributed by atoms with Gasteiger partial charge in [-0.25, -0.2) is 0 Å². The molecule has 0 radical (unpaired) electrons. The second kappa shape index (κ2) is 6.23. The van der Waals surface area contributed by atoms with E-state index in [1.54, 1.807) is 0 Å². The Labute approximate surface area is 122 Å². The summed E-state index contributed by atoms with van der Waals surface area (Å²) < 4.78 is 0. The van der Waals surface area contributed by atoms with Crippen LogP contribution >= 0.6 is 0 Å². The highest BCUT2D eigenvalue weighted by Crippen LogP contribution is 2.24. The molecule has 0 heterocycles. The van der Waals surface area contributed by atoms with Crippen LogP contribution in [0.5, 0.6) is 0 Å². The first kappa shape index (κ1) is 14.8. The number of aliphatic hydroxyl groups is 1. The third-order valence-electron chi connectivity index (χ3n) is 4.03. The Morgan fingerprint density at radius 2 is 1.35 bits per heavy atom. The average Bonchev–Trinajstić information content (AvgIpc) is 2.43. The summed E-state index contributed by atoms with van der Waals surface area (Å²) in [5.74, 6) is 0.528. The summed E-state index contributed by atoms with van der Waals surface area (Å²) in [5.41, 5.74) is 6.07. The summed E-state index contributed by atoms with van der Waals surface area (Å²) in [7, 11) is 0. The molecule has 1 nitrogen and oxygen atoms in total. The van der Waals surface area contributed by atoms with E-state index in [9.17, 15) is 5.11 Å². The molecule has 106 valence electrons. The van der Waals surface area contributed by atoms with Gasteiger partial charge in [-0.2, -0.15) is 0 Å². The molecule has 0 saturated carbocycles. The van der Waals surface area contributed by atoms with Crippen LogP contribution in [0.2, 0.25) is 0 Å². The van der Waals surface area contributed by atoms with E-state index >= 15 is 0 Å². The van der Waals surface area contributed by atoms with Crippen LogP contribution in [-0.2, 0) is 6.42 Å². The minimum Gasteiger partial charge on any atom is -0.388 e. The molecule has 20 heavy (non-hydrogen) atoms. The van der Waals surface area contributed by atoms with Crippen LogP contribution in [0.3, 0.4) is 0 Å². The summed E-state index contributed by atoms with van der Waals surface area (Å²) in [5, 5.41) is 10.5. The van der Waals surface area contributed by atoms with E-state index in [0.29, 0.717) is 12.3 Å². The number of aryl methyl sites for hydroxylation is 2. The van der Waals surface area contributed by atoms with Crippen LogP contribution in [0.15, 0.2) is 42.5 Å². The molecule has 0 amide bonds. The van der Waals surface area contributed by atoms with Crippen molar-refractivity contribution in [1.29, 1.82) is 0 Å². The van der Waals surface area contributed by atoms with Crippen molar-refractivity contribution in [3.63, 3.8) is 0 Å². The van der Waals surface area contributed by atoms with Crippen LogP contribution in [0, 0.1) is 13.8 Å². The maximum Gasteiger partial charge on any atom is 0.0830 e. The number of benzene rings is 2. The van der Waals surface area contributed by atoms with Gasteiger partial charge in [-0.1, -0.05) is 56.3 Å². The van der Waals surface area contributed by atoms with Gasteiger partial charge in [-0.15, -0.1) is 0 Å². The Morgan fingerprint density at radius 1 is 0.850 bits per heavy atom. The molecule has 1 N–H and O–H groups in total. The predicted octanol–water partition coefficient (Wildman–Crippen LogP) is 4.70. The fourth-order valence-electron chi connectivity index (χ4n) is 2.59. The van der Waals surface area contributed by atoms with E-state index in [-0.39, 0.29) is 0 Å². The highest BCUT2D eigenvalue weighted by molar-refractivity contribution is 5.35. The lowest BCUT2D eigenvalue weighted by Crippen LogP contribution is -2.05. The summed E-state index contributed by atoms with van der Waals surface area (Å²) in [6.45, 7) is 8.58. The molecular weight excluding hydrogens is 244 g/mol. The van der Waals surface area contributed by atoms with Crippen molar-refractivity contribution in [2.45, 2.75) is 46.1 Å². The van der Waals surface area contributed by atoms with E-state index < -0.39 is 6.10 Å². The average molecular weight is 268 g/mol. The number of hydrogen-bond donors (Lipinski definition) is 1. The highest BCUT2D eigenvalue weighted by Gasteiger charge is 2.12. The Bertz CT molecular complexity index is 547. The zero-order chi connectivity index (χ0) is 14.7. The van der Waals surface area contributed by atoms with Gasteiger partial charge in [0.15, 0.2) is 0 Å². The van der Waals surface area contributed by atoms with Gasteiger partial charge >= 0.3 is 0 Å². The highest BCUT2D eigenvalue weighted by atomic mass is 16.3. The lowest BCUT2D eigenvalue weighted by Gasteiger charge is -2.16. The Balaban J connectivity index is 2.17. The van der Waals surface area contributed by atoms with E-state index in [0.717, 1.165) is 5.56 Å². The van der Waals surface area contributed by atoms with E-state index in [4.69, 9.17) is 0 Å². The monoisotopic (exact) mass is 268 g/mol. The zero-order valence-corrected chi connectivity index (χ0v) is 12.9. The van der Waals surface area contributed by atoms with Gasteiger partial charge in [0.2, 0.25) is 0 Å². The number of aliphatic hydroxyl groups excluding tert-OH is 1. The summed E-state index contributed by atoms with van der Waals surface area (Å²) in [4.78, 5) is 0. The standard InChI is InChI=1S/C19H24O/c1-13(2)16-8-10-17(11-9-16)19(20)12-18-14(3)6-5-7-15(18)4/h5-11,13,19-20H,12H2,1-4H3. The number of hydrogen-bond acceptors (Lipinski definition) is 1. The lowest BCUT2D eigenvalue weighted by molar-refractivity contribution is 0.178. The smallest absolute Gasteiger partial charge is 0.0830 e. The largest absolute Gasteiger partial charge is 0.388 e. The molecule has 0 spiro atoms. The fourth-order valence-corrected chi connectivity index (χ4v) is 2.59. The van der Waals surface area contributed by atoms with E-state index in [1.165, 1.54) is 22.3 Å². The molecule has 0 aliphatic rings. The third kappa shape index (κ3) is 3.29. The molecule has 1 unspecified atom stereocenters. The topological polar surface area (TPSA) is 20.2 Å². The molecule has 1 heteroatoms. The minimum absolute atomic E-state index is 0.434. The maximum atomic E-state index is 10.5. The van der Waals surface area contributed by atoms with Gasteiger partial charge in [0.1, 0.15) is 0 Å². The molecule has 0 bridgehead atoms. The van der Waals surface area contributed by atoms with Crippen LogP contribution in [0.1, 0.15) is 53.7 Å². The maximum absolute atomic E-state index is 10.5. The first-order valence-corrected chi connectivity index (χ1v) is 7.32. The molecule has 0 fully saturated rings. The first-order chi connectivity index (χ1) is 9.49. The van der Waals surface area contributed by atoms with Gasteiger partial charge in [0.25, 0.3) is 0 Å². The first-order valence-electron chi connectivity index (χ1n) is 7.32. The van der Waals surface area contributed by atoms with E-state index in [2.05, 4.69) is 58.0 Å². The van der Waals surface area contributed by atoms with Crippen molar-refractivity contribution in [3.05, 3.63) is 70.3 Å². The molecule has 0 saturated heterocycles. The molecule has 2 aromatic rings. The molecule has 0 aliphatic heterocycles. The van der Waals surface area contributed by atoms with E-state index in [1.807, 2.05) is 12.1 Å². The molecule has 2 aromatic carbocycles. The normalized spacial score (nSPS) is 12.7. The number of rotatable bonds is 4. The summed E-state index contributed by atoms with van der Waals surface area (Å²) in [6.07, 6.45) is 0.246. The predicted molar refractivity (Wildman–Crippen MR) is 85.1 cm³/mol. The van der Waals surface area contributed by atoms with Gasteiger partial charge in [0, 0.05) is 6.42 Å². The SMILES string of the molecule is Cc1cccc(C)c1CC(O)c1ccc(C(C)C)cc1. The lowest BCUT2D eigenvalue weighted by atomic mass is 9.93. The minimum atomic E-state index is -0.434. The van der Waals surface area contributed by atoms with Crippen LogP contribution in [-0.4, -0.2) is 5.11 Å². The van der Waals surface area contributed by atoms with Crippen LogP contribution in [0.4, 0.5) is 0 Å². The van der Waals surface area contributed by atoms with Crippen LogP contribution in [0.25, 0.3) is 0 Å². The molecule has 1 atom stereocenters. The van der Waals surface area contributed by atoms with Crippen LogP contribution < -0.4 is 0 Å². The second-order valence-corrected chi connectivity index (χ2v) is 5.91. The second-order valence-electron chi connectivity index (χ2n) is 5.91. The molecule has 0 aromatic heterocycles. The zero-order valence-electron chi connectivity index (χ0n) is 12.9. The van der Waals surface area contributed by atoms with Gasteiger partial charge in [-0.05, 0) is 47.6 Å².